The van der Waals surface area contributed by atoms with Gasteiger partial charge in [0.15, 0.2) is 0 Å². The van der Waals surface area contributed by atoms with Crippen molar-refractivity contribution < 1.29 is 0 Å². The van der Waals surface area contributed by atoms with Gasteiger partial charge in [-0.15, -0.1) is 11.8 Å². The van der Waals surface area contributed by atoms with Gasteiger partial charge in [-0.2, -0.15) is 0 Å². The van der Waals surface area contributed by atoms with E-state index in [1.807, 2.05) is 24.5 Å². The summed E-state index contributed by atoms with van der Waals surface area (Å²) >= 11 is 6.98. The molecule has 0 atom stereocenters. The number of benzene rings is 2. The summed E-state index contributed by atoms with van der Waals surface area (Å²) in [5, 5.41) is 2.42. The molecule has 0 unspecified atom stereocenters. The van der Waals surface area contributed by atoms with Crippen LogP contribution in [0.3, 0.4) is 0 Å². The Bertz CT molecular complexity index is 556. The van der Waals surface area contributed by atoms with Gasteiger partial charge < -0.3 is 0 Å². The van der Waals surface area contributed by atoms with Gasteiger partial charge in [0.1, 0.15) is 0 Å². The normalized spacial score (nSPS) is 10.3. The van der Waals surface area contributed by atoms with Gasteiger partial charge in [-0.1, -0.05) is 61.3 Å². The van der Waals surface area contributed by atoms with Crippen molar-refractivity contribution in [3.8, 4) is 0 Å². The van der Waals surface area contributed by atoms with Crippen LogP contribution in [0.5, 0.6) is 0 Å². The number of hydrogen-bond donors (Lipinski definition) is 0. The summed E-state index contributed by atoms with van der Waals surface area (Å²) in [6, 6.07) is 12.5. The maximum atomic E-state index is 5.37. The third-order valence-electron chi connectivity index (χ3n) is 2.58. The summed E-state index contributed by atoms with van der Waals surface area (Å²) in [5.74, 6) is 0. The van der Waals surface area contributed by atoms with E-state index in [9.17, 15) is 0 Å². The van der Waals surface area contributed by atoms with Crippen LogP contribution < -0.4 is 0 Å². The van der Waals surface area contributed by atoms with Gasteiger partial charge in [0.25, 0.3) is 0 Å². The Balaban J connectivity index is 2.79. The lowest BCUT2D eigenvalue weighted by Gasteiger charge is -2.08. The van der Waals surface area contributed by atoms with E-state index in [2.05, 4.69) is 30.8 Å². The van der Waals surface area contributed by atoms with Gasteiger partial charge in [-0.25, -0.2) is 0 Å². The van der Waals surface area contributed by atoms with Crippen molar-refractivity contribution in [2.75, 3.05) is 6.26 Å². The van der Waals surface area contributed by atoms with Crippen LogP contribution in [0.2, 0.25) is 0 Å². The van der Waals surface area contributed by atoms with Gasteiger partial charge in [0.05, 0.1) is 4.20 Å². The highest BCUT2D eigenvalue weighted by Crippen LogP contribution is 2.26. The number of rotatable bonds is 2. The molecule has 0 heterocycles. The molecule has 0 spiro atoms. The second-order valence-electron chi connectivity index (χ2n) is 3.44. The van der Waals surface area contributed by atoms with Gasteiger partial charge in [-0.05, 0) is 22.6 Å². The molecule has 0 aliphatic heterocycles. The quantitative estimate of drug-likeness (QED) is 0.712. The predicted molar refractivity (Wildman–Crippen MR) is 79.3 cm³/mol. The molecule has 2 rings (SSSR count). The van der Waals surface area contributed by atoms with Gasteiger partial charge >= 0.3 is 0 Å². The number of fused-ring (bicyclic) bond motifs is 1. The molecule has 2 aromatic carbocycles. The zero-order valence-corrected chi connectivity index (χ0v) is 10.7. The Morgan fingerprint density at radius 3 is 2.50 bits per heavy atom. The maximum Gasteiger partial charge on any atom is 0.0781 e. The van der Waals surface area contributed by atoms with E-state index >= 15 is 0 Å². The average molecular weight is 244 g/mol. The van der Waals surface area contributed by atoms with E-state index in [0.29, 0.717) is 0 Å². The van der Waals surface area contributed by atoms with Crippen LogP contribution in [0.1, 0.15) is 11.1 Å². The minimum Gasteiger partial charge on any atom is -0.117 e. The van der Waals surface area contributed by atoms with E-state index in [-0.39, 0.29) is 0 Å². The molecule has 16 heavy (non-hydrogen) atoms. The van der Waals surface area contributed by atoms with Crippen molar-refractivity contribution in [1.82, 2.24) is 0 Å². The standard InChI is InChI=1S/C14H12S2/c1-3-10-8-9-13(14(15)16-2)12-7-5-4-6-11(10)12/h3-9H,1H2,2H3. The fourth-order valence-corrected chi connectivity index (χ4v) is 2.36. The first-order valence-electron chi connectivity index (χ1n) is 5.00. The molecule has 0 amide bonds. The molecule has 0 aliphatic rings. The Morgan fingerprint density at radius 1 is 1.19 bits per heavy atom. The Labute approximate surface area is 105 Å². The average Bonchev–Trinajstić information content (AvgIpc) is 2.36. The minimum atomic E-state index is 0.937. The van der Waals surface area contributed by atoms with E-state index in [1.54, 1.807) is 11.8 Å². The van der Waals surface area contributed by atoms with Crippen LogP contribution in [-0.2, 0) is 0 Å². The van der Waals surface area contributed by atoms with Crippen LogP contribution in [0.4, 0.5) is 0 Å². The molecule has 0 aromatic heterocycles. The molecule has 0 N–H and O–H groups in total. The number of thioether (sulfide) groups is 1. The highest BCUT2D eigenvalue weighted by atomic mass is 32.2. The number of hydrogen-bond acceptors (Lipinski definition) is 2. The molecule has 0 saturated heterocycles. The lowest BCUT2D eigenvalue weighted by molar-refractivity contribution is 1.70. The van der Waals surface area contributed by atoms with Crippen LogP contribution >= 0.6 is 24.0 Å². The monoisotopic (exact) mass is 244 g/mol. The molecule has 0 nitrogen and oxygen atoms in total. The number of thiocarbonyl (C=S) groups is 1. The van der Waals surface area contributed by atoms with Crippen molar-refractivity contribution in [1.29, 1.82) is 0 Å². The zero-order valence-electron chi connectivity index (χ0n) is 9.07. The predicted octanol–water partition coefficient (Wildman–Crippen LogP) is 4.52. The molecule has 2 heteroatoms. The fourth-order valence-electron chi connectivity index (χ4n) is 1.79. The van der Waals surface area contributed by atoms with Crippen molar-refractivity contribution in [3.05, 3.63) is 54.1 Å². The third-order valence-corrected chi connectivity index (χ3v) is 3.89. The first-order chi connectivity index (χ1) is 7.77. The molecular formula is C14H12S2. The summed E-state index contributed by atoms with van der Waals surface area (Å²) in [4.78, 5) is 0. The first-order valence-corrected chi connectivity index (χ1v) is 6.63. The molecule has 80 valence electrons. The summed E-state index contributed by atoms with van der Waals surface area (Å²) in [6.45, 7) is 3.84. The Kier molecular flexibility index (Phi) is 3.42. The highest BCUT2D eigenvalue weighted by molar-refractivity contribution is 8.23. The molecule has 0 aliphatic carbocycles. The minimum absolute atomic E-state index is 0.937. The maximum absolute atomic E-state index is 5.37. The highest BCUT2D eigenvalue weighted by Gasteiger charge is 2.06. The summed E-state index contributed by atoms with van der Waals surface area (Å²) < 4.78 is 0.937. The van der Waals surface area contributed by atoms with Crippen LogP contribution in [0.25, 0.3) is 16.8 Å². The molecule has 0 saturated carbocycles. The van der Waals surface area contributed by atoms with E-state index < -0.39 is 0 Å². The largest absolute Gasteiger partial charge is 0.117 e. The van der Waals surface area contributed by atoms with Crippen molar-refractivity contribution in [2.24, 2.45) is 0 Å². The van der Waals surface area contributed by atoms with Gasteiger partial charge in [0.2, 0.25) is 0 Å². The van der Waals surface area contributed by atoms with Crippen molar-refractivity contribution in [3.63, 3.8) is 0 Å². The van der Waals surface area contributed by atoms with E-state index in [1.165, 1.54) is 10.8 Å². The molecule has 0 radical (unpaired) electrons. The van der Waals surface area contributed by atoms with Crippen LogP contribution in [0.15, 0.2) is 43.0 Å². The molecular weight excluding hydrogens is 232 g/mol. The van der Waals surface area contributed by atoms with Crippen LogP contribution in [0, 0.1) is 0 Å². The first kappa shape index (κ1) is 11.4. The molecule has 2 aromatic rings. The van der Waals surface area contributed by atoms with Crippen molar-refractivity contribution >= 4 is 45.0 Å². The summed E-state index contributed by atoms with van der Waals surface area (Å²) in [7, 11) is 0. The summed E-state index contributed by atoms with van der Waals surface area (Å²) in [6.07, 6.45) is 3.90. The van der Waals surface area contributed by atoms with Gasteiger partial charge in [0, 0.05) is 5.56 Å². The third kappa shape index (κ3) is 1.91. The van der Waals surface area contributed by atoms with Crippen LogP contribution in [-0.4, -0.2) is 10.5 Å². The molecule has 0 fully saturated rings. The smallest absolute Gasteiger partial charge is 0.0781 e. The fraction of sp³-hybridized carbons (Fsp3) is 0.0714. The Hall–Kier alpha value is -1.12. The second kappa shape index (κ2) is 4.81. The topological polar surface area (TPSA) is 0 Å². The van der Waals surface area contributed by atoms with E-state index in [0.717, 1.165) is 15.3 Å². The van der Waals surface area contributed by atoms with Gasteiger partial charge in [-0.3, -0.25) is 0 Å². The second-order valence-corrected chi connectivity index (χ2v) is 4.93. The Morgan fingerprint density at radius 2 is 1.88 bits per heavy atom. The SMILES string of the molecule is C=Cc1ccc(C(=S)SC)c2ccccc12. The lowest BCUT2D eigenvalue weighted by Crippen LogP contribution is -1.93. The summed E-state index contributed by atoms with van der Waals surface area (Å²) in [5.41, 5.74) is 2.30. The zero-order chi connectivity index (χ0) is 11.5. The van der Waals surface area contributed by atoms with E-state index in [4.69, 9.17) is 12.2 Å². The molecule has 0 bridgehead atoms. The van der Waals surface area contributed by atoms with Crippen molar-refractivity contribution in [2.45, 2.75) is 0 Å². The lowest BCUT2D eigenvalue weighted by atomic mass is 10.0.